The molecule has 0 atom stereocenters. The Morgan fingerprint density at radius 2 is 2.12 bits per heavy atom. The largest absolute Gasteiger partial charge is 0.381 e. The summed E-state index contributed by atoms with van der Waals surface area (Å²) in [6.07, 6.45) is 7.59. The van der Waals surface area contributed by atoms with Crippen LogP contribution in [0, 0.1) is 5.92 Å². The van der Waals surface area contributed by atoms with Gasteiger partial charge in [0.15, 0.2) is 0 Å². The summed E-state index contributed by atoms with van der Waals surface area (Å²) >= 11 is 3.48. The fourth-order valence-corrected chi connectivity index (χ4v) is 2.71. The van der Waals surface area contributed by atoms with Gasteiger partial charge in [0.1, 0.15) is 5.65 Å². The summed E-state index contributed by atoms with van der Waals surface area (Å²) in [6, 6.07) is 4.07. The van der Waals surface area contributed by atoms with Crippen LogP contribution in [0.1, 0.15) is 18.5 Å². The number of halogens is 1. The Morgan fingerprint density at radius 1 is 1.29 bits per heavy atom. The van der Waals surface area contributed by atoms with Gasteiger partial charge in [-0.25, -0.2) is 4.98 Å². The first-order chi connectivity index (χ1) is 8.31. The van der Waals surface area contributed by atoms with Crippen LogP contribution in [0.5, 0.6) is 0 Å². The van der Waals surface area contributed by atoms with Crippen LogP contribution in [-0.2, 0) is 11.2 Å². The number of pyridine rings is 1. The van der Waals surface area contributed by atoms with Gasteiger partial charge in [-0.05, 0) is 53.2 Å². The van der Waals surface area contributed by atoms with Crippen molar-refractivity contribution in [1.29, 1.82) is 0 Å². The molecule has 1 fully saturated rings. The summed E-state index contributed by atoms with van der Waals surface area (Å²) in [5.74, 6) is 0.733. The number of ether oxygens (including phenoxy) is 1. The summed E-state index contributed by atoms with van der Waals surface area (Å²) in [5, 5.41) is 0. The molecule has 0 saturated carbocycles. The molecule has 3 rings (SSSR count). The molecule has 2 aromatic rings. The molecule has 0 N–H and O–H groups in total. The number of fused-ring (bicyclic) bond motifs is 1. The van der Waals surface area contributed by atoms with Crippen LogP contribution in [0.15, 0.2) is 29.0 Å². The van der Waals surface area contributed by atoms with Gasteiger partial charge in [0.05, 0.1) is 5.69 Å². The first kappa shape index (κ1) is 11.2. The molecule has 0 radical (unpaired) electrons. The van der Waals surface area contributed by atoms with Crippen LogP contribution < -0.4 is 0 Å². The van der Waals surface area contributed by atoms with E-state index in [-0.39, 0.29) is 0 Å². The van der Waals surface area contributed by atoms with E-state index in [1.807, 2.05) is 12.1 Å². The van der Waals surface area contributed by atoms with Crippen LogP contribution in [-0.4, -0.2) is 22.6 Å². The monoisotopic (exact) mass is 294 g/mol. The third kappa shape index (κ3) is 2.53. The molecule has 0 aliphatic carbocycles. The van der Waals surface area contributed by atoms with Crippen LogP contribution in [0.4, 0.5) is 0 Å². The predicted molar refractivity (Wildman–Crippen MR) is 70.1 cm³/mol. The highest BCUT2D eigenvalue weighted by Gasteiger charge is 2.15. The highest BCUT2D eigenvalue weighted by atomic mass is 79.9. The van der Waals surface area contributed by atoms with E-state index < -0.39 is 0 Å². The number of hydrogen-bond donors (Lipinski definition) is 0. The van der Waals surface area contributed by atoms with Crippen molar-refractivity contribution >= 4 is 21.6 Å². The van der Waals surface area contributed by atoms with Crippen LogP contribution in [0.3, 0.4) is 0 Å². The average Bonchev–Trinajstić information content (AvgIpc) is 2.71. The molecule has 0 aromatic carbocycles. The summed E-state index contributed by atoms with van der Waals surface area (Å²) < 4.78 is 8.55. The maximum atomic E-state index is 5.38. The van der Waals surface area contributed by atoms with E-state index in [4.69, 9.17) is 4.74 Å². The Labute approximate surface area is 109 Å². The average molecular weight is 295 g/mol. The van der Waals surface area contributed by atoms with Gasteiger partial charge in [0, 0.05) is 30.1 Å². The molecule has 0 spiro atoms. The maximum absolute atomic E-state index is 5.38. The van der Waals surface area contributed by atoms with E-state index in [1.165, 1.54) is 5.69 Å². The van der Waals surface area contributed by atoms with E-state index in [0.717, 1.165) is 48.5 Å². The predicted octanol–water partition coefficient (Wildman–Crippen LogP) is 3.07. The lowest BCUT2D eigenvalue weighted by atomic mass is 9.95. The van der Waals surface area contributed by atoms with Gasteiger partial charge in [-0.2, -0.15) is 0 Å². The van der Waals surface area contributed by atoms with Crippen molar-refractivity contribution in [2.24, 2.45) is 5.92 Å². The second-order valence-corrected chi connectivity index (χ2v) is 5.52. The van der Waals surface area contributed by atoms with Crippen molar-refractivity contribution in [3.63, 3.8) is 0 Å². The summed E-state index contributed by atoms with van der Waals surface area (Å²) in [5.41, 5.74) is 2.21. The number of nitrogens with zero attached hydrogens (tertiary/aromatic N) is 2. The number of hydrogen-bond acceptors (Lipinski definition) is 2. The standard InChI is InChI=1S/C13H15BrN2O/c14-11-1-2-13-15-12(9-16(13)8-11)7-10-3-5-17-6-4-10/h1-2,8-10H,3-7H2. The van der Waals surface area contributed by atoms with Crippen molar-refractivity contribution in [2.75, 3.05) is 13.2 Å². The fraction of sp³-hybridized carbons (Fsp3) is 0.462. The number of aromatic nitrogens is 2. The van der Waals surface area contributed by atoms with E-state index in [2.05, 4.69) is 37.7 Å². The van der Waals surface area contributed by atoms with Crippen LogP contribution in [0.2, 0.25) is 0 Å². The molecule has 4 heteroatoms. The lowest BCUT2D eigenvalue weighted by molar-refractivity contribution is 0.0663. The Bertz CT molecular complexity index is 517. The van der Waals surface area contributed by atoms with Gasteiger partial charge in [-0.3, -0.25) is 0 Å². The molecule has 1 aliphatic rings. The normalized spacial score (nSPS) is 17.7. The Kier molecular flexibility index (Phi) is 3.16. The minimum atomic E-state index is 0.733. The zero-order valence-corrected chi connectivity index (χ0v) is 11.2. The first-order valence-electron chi connectivity index (χ1n) is 6.02. The van der Waals surface area contributed by atoms with Gasteiger partial charge in [0.25, 0.3) is 0 Å². The van der Waals surface area contributed by atoms with Gasteiger partial charge in [-0.1, -0.05) is 0 Å². The quantitative estimate of drug-likeness (QED) is 0.851. The Balaban J connectivity index is 1.80. The molecule has 1 aliphatic heterocycles. The summed E-state index contributed by atoms with van der Waals surface area (Å²) in [4.78, 5) is 4.65. The summed E-state index contributed by atoms with van der Waals surface area (Å²) in [6.45, 7) is 1.81. The smallest absolute Gasteiger partial charge is 0.137 e. The maximum Gasteiger partial charge on any atom is 0.137 e. The molecule has 3 heterocycles. The lowest BCUT2D eigenvalue weighted by Crippen LogP contribution is -2.17. The number of rotatable bonds is 2. The highest BCUT2D eigenvalue weighted by Crippen LogP contribution is 2.20. The van der Waals surface area contributed by atoms with E-state index in [1.54, 1.807) is 0 Å². The van der Waals surface area contributed by atoms with E-state index in [0.29, 0.717) is 0 Å². The molecular weight excluding hydrogens is 280 g/mol. The Hall–Kier alpha value is -0.870. The van der Waals surface area contributed by atoms with Crippen molar-refractivity contribution in [2.45, 2.75) is 19.3 Å². The highest BCUT2D eigenvalue weighted by molar-refractivity contribution is 9.10. The van der Waals surface area contributed by atoms with Gasteiger partial charge < -0.3 is 9.14 Å². The molecule has 1 saturated heterocycles. The third-order valence-corrected chi connectivity index (χ3v) is 3.77. The zero-order valence-electron chi connectivity index (χ0n) is 9.60. The molecule has 17 heavy (non-hydrogen) atoms. The van der Waals surface area contributed by atoms with Crippen molar-refractivity contribution in [3.05, 3.63) is 34.7 Å². The number of imidazole rings is 1. The topological polar surface area (TPSA) is 26.5 Å². The van der Waals surface area contributed by atoms with Crippen molar-refractivity contribution in [1.82, 2.24) is 9.38 Å². The minimum absolute atomic E-state index is 0.733. The Morgan fingerprint density at radius 3 is 2.94 bits per heavy atom. The first-order valence-corrected chi connectivity index (χ1v) is 6.81. The molecule has 90 valence electrons. The zero-order chi connectivity index (χ0) is 11.7. The molecule has 2 aromatic heterocycles. The summed E-state index contributed by atoms with van der Waals surface area (Å²) in [7, 11) is 0. The molecular formula is C13H15BrN2O. The molecule has 0 unspecified atom stereocenters. The third-order valence-electron chi connectivity index (χ3n) is 3.30. The van der Waals surface area contributed by atoms with Crippen molar-refractivity contribution in [3.8, 4) is 0 Å². The molecule has 0 bridgehead atoms. The second-order valence-electron chi connectivity index (χ2n) is 4.60. The van der Waals surface area contributed by atoms with Gasteiger partial charge >= 0.3 is 0 Å². The van der Waals surface area contributed by atoms with Gasteiger partial charge in [0.2, 0.25) is 0 Å². The van der Waals surface area contributed by atoms with Gasteiger partial charge in [-0.15, -0.1) is 0 Å². The molecule has 3 nitrogen and oxygen atoms in total. The van der Waals surface area contributed by atoms with E-state index in [9.17, 15) is 0 Å². The minimum Gasteiger partial charge on any atom is -0.381 e. The van der Waals surface area contributed by atoms with E-state index >= 15 is 0 Å². The van der Waals surface area contributed by atoms with Crippen LogP contribution in [0.25, 0.3) is 5.65 Å². The molecule has 0 amide bonds. The SMILES string of the molecule is Brc1ccc2nc(CC3CCOCC3)cn2c1. The van der Waals surface area contributed by atoms with Crippen molar-refractivity contribution < 1.29 is 4.74 Å². The fourth-order valence-electron chi connectivity index (χ4n) is 2.36. The lowest BCUT2D eigenvalue weighted by Gasteiger charge is -2.20. The van der Waals surface area contributed by atoms with Crippen LogP contribution >= 0.6 is 15.9 Å². The second kappa shape index (κ2) is 4.78.